The van der Waals surface area contributed by atoms with Crippen LogP contribution in [0.5, 0.6) is 0 Å². The Morgan fingerprint density at radius 3 is 1.45 bits per heavy atom. The second-order valence-electron chi connectivity index (χ2n) is 14.3. The van der Waals surface area contributed by atoms with E-state index in [0.717, 1.165) is 39.2 Å². The lowest BCUT2D eigenvalue weighted by Crippen LogP contribution is -1.96. The van der Waals surface area contributed by atoms with Crippen LogP contribution in [0, 0.1) is 0 Å². The Bertz CT molecular complexity index is 2990. The summed E-state index contributed by atoms with van der Waals surface area (Å²) < 4.78 is 0. The van der Waals surface area contributed by atoms with Gasteiger partial charge in [0, 0.05) is 29.1 Å². The lowest BCUT2D eigenvalue weighted by atomic mass is 9.82. The zero-order valence-electron chi connectivity index (χ0n) is 30.4. The van der Waals surface area contributed by atoms with Crippen molar-refractivity contribution in [1.82, 2.24) is 15.0 Å². The van der Waals surface area contributed by atoms with E-state index in [9.17, 15) is 0 Å². The van der Waals surface area contributed by atoms with Gasteiger partial charge in [-0.15, -0.1) is 0 Å². The molecule has 0 atom stereocenters. The van der Waals surface area contributed by atoms with Gasteiger partial charge in [-0.2, -0.15) is 0 Å². The Balaban J connectivity index is 1.17. The molecule has 0 amide bonds. The molecular formula is C53H33N3. The van der Waals surface area contributed by atoms with E-state index in [0.29, 0.717) is 5.82 Å². The van der Waals surface area contributed by atoms with Crippen LogP contribution in [0.25, 0.3) is 111 Å². The van der Waals surface area contributed by atoms with E-state index in [1.807, 2.05) is 18.3 Å². The molecule has 2 aromatic heterocycles. The summed E-state index contributed by atoms with van der Waals surface area (Å²) in [4.78, 5) is 14.8. The molecule has 0 spiro atoms. The number of hydrogen-bond donors (Lipinski definition) is 0. The van der Waals surface area contributed by atoms with Crippen LogP contribution >= 0.6 is 0 Å². The van der Waals surface area contributed by atoms with Gasteiger partial charge in [-0.3, -0.25) is 4.98 Å². The average Bonchev–Trinajstić information content (AvgIpc) is 3.61. The highest BCUT2D eigenvalue weighted by Crippen LogP contribution is 2.58. The van der Waals surface area contributed by atoms with Gasteiger partial charge in [0.15, 0.2) is 5.82 Å². The predicted octanol–water partition coefficient (Wildman–Crippen LogP) is 13.8. The van der Waals surface area contributed by atoms with Gasteiger partial charge in [0.25, 0.3) is 0 Å². The fraction of sp³-hybridized carbons (Fsp3) is 0. The van der Waals surface area contributed by atoms with E-state index in [2.05, 4.69) is 181 Å². The molecule has 1 aliphatic carbocycles. The van der Waals surface area contributed by atoms with Crippen LogP contribution in [0.3, 0.4) is 0 Å². The maximum atomic E-state index is 5.33. The van der Waals surface area contributed by atoms with Crippen molar-refractivity contribution < 1.29 is 0 Å². The molecule has 2 heterocycles. The number of nitrogens with zero attached hydrogens (tertiary/aromatic N) is 3. The Hall–Kier alpha value is -7.49. The van der Waals surface area contributed by atoms with Gasteiger partial charge >= 0.3 is 0 Å². The highest BCUT2D eigenvalue weighted by molar-refractivity contribution is 6.28. The SMILES string of the molecule is c1ccc(-c2cc(-c3ccc4c5c(cccc35)-c3c-4c(-c4ccccc4)c4ccccc4c3-c3ccccc3)nc(-c3ccc(-c4cccnc4)cc3)n2)cc1. The molecule has 0 aliphatic heterocycles. The number of pyridine rings is 1. The third kappa shape index (κ3) is 5.17. The van der Waals surface area contributed by atoms with Crippen LogP contribution in [0.1, 0.15) is 0 Å². The van der Waals surface area contributed by atoms with Crippen molar-refractivity contribution >= 4 is 21.5 Å². The lowest BCUT2D eigenvalue weighted by Gasteiger charge is -2.20. The minimum absolute atomic E-state index is 0.689. The smallest absolute Gasteiger partial charge is 0.160 e. The van der Waals surface area contributed by atoms with E-state index in [1.165, 1.54) is 66.1 Å². The first-order valence-corrected chi connectivity index (χ1v) is 19.0. The maximum absolute atomic E-state index is 5.33. The molecule has 11 rings (SSSR count). The molecule has 8 aromatic carbocycles. The number of hydrogen-bond acceptors (Lipinski definition) is 3. The molecule has 0 fully saturated rings. The second-order valence-corrected chi connectivity index (χ2v) is 14.3. The van der Waals surface area contributed by atoms with Crippen LogP contribution < -0.4 is 0 Å². The van der Waals surface area contributed by atoms with Gasteiger partial charge in [0.05, 0.1) is 11.4 Å². The molecule has 1 aliphatic rings. The summed E-state index contributed by atoms with van der Waals surface area (Å²) >= 11 is 0. The zero-order valence-corrected chi connectivity index (χ0v) is 30.4. The highest BCUT2D eigenvalue weighted by Gasteiger charge is 2.31. The van der Waals surface area contributed by atoms with Crippen LogP contribution in [0.15, 0.2) is 200 Å². The van der Waals surface area contributed by atoms with Crippen molar-refractivity contribution in [3.05, 3.63) is 200 Å². The molecule has 0 unspecified atom stereocenters. The largest absolute Gasteiger partial charge is 0.264 e. The number of fused-ring (bicyclic) bond motifs is 4. The van der Waals surface area contributed by atoms with E-state index >= 15 is 0 Å². The Morgan fingerprint density at radius 2 is 0.821 bits per heavy atom. The minimum atomic E-state index is 0.689. The van der Waals surface area contributed by atoms with Gasteiger partial charge in [-0.25, -0.2) is 9.97 Å². The summed E-state index contributed by atoms with van der Waals surface area (Å²) in [7, 11) is 0. The molecular weight excluding hydrogens is 679 g/mol. The number of aromatic nitrogens is 3. The summed E-state index contributed by atoms with van der Waals surface area (Å²) in [6, 6.07) is 67.1. The first kappa shape index (κ1) is 32.0. The average molecular weight is 712 g/mol. The number of rotatable bonds is 6. The third-order valence-electron chi connectivity index (χ3n) is 11.1. The van der Waals surface area contributed by atoms with E-state index in [4.69, 9.17) is 9.97 Å². The summed E-state index contributed by atoms with van der Waals surface area (Å²) in [5, 5.41) is 4.94. The Morgan fingerprint density at radius 1 is 0.304 bits per heavy atom. The van der Waals surface area contributed by atoms with Crippen LogP contribution in [-0.2, 0) is 0 Å². The predicted molar refractivity (Wildman–Crippen MR) is 232 cm³/mol. The van der Waals surface area contributed by atoms with Crippen molar-refractivity contribution in [3.8, 4) is 89.5 Å². The second kappa shape index (κ2) is 13.1. The third-order valence-corrected chi connectivity index (χ3v) is 11.1. The molecule has 3 heteroatoms. The summed E-state index contributed by atoms with van der Waals surface area (Å²) in [5.74, 6) is 0.689. The molecule has 0 bridgehead atoms. The van der Waals surface area contributed by atoms with Crippen molar-refractivity contribution in [2.45, 2.75) is 0 Å². The topological polar surface area (TPSA) is 38.7 Å². The van der Waals surface area contributed by atoms with Crippen molar-refractivity contribution in [2.24, 2.45) is 0 Å². The molecule has 0 saturated carbocycles. The fourth-order valence-electron chi connectivity index (χ4n) is 8.65. The molecule has 10 aromatic rings. The molecule has 56 heavy (non-hydrogen) atoms. The Kier molecular flexibility index (Phi) is 7.49. The first-order valence-electron chi connectivity index (χ1n) is 19.0. The molecule has 0 saturated heterocycles. The number of benzene rings is 8. The van der Waals surface area contributed by atoms with Crippen LogP contribution in [-0.4, -0.2) is 15.0 Å². The molecule has 3 nitrogen and oxygen atoms in total. The van der Waals surface area contributed by atoms with Crippen molar-refractivity contribution in [3.63, 3.8) is 0 Å². The zero-order chi connectivity index (χ0) is 37.0. The van der Waals surface area contributed by atoms with Crippen LogP contribution in [0.2, 0.25) is 0 Å². The normalized spacial score (nSPS) is 11.6. The molecule has 260 valence electrons. The maximum Gasteiger partial charge on any atom is 0.160 e. The van der Waals surface area contributed by atoms with E-state index < -0.39 is 0 Å². The van der Waals surface area contributed by atoms with Gasteiger partial charge in [-0.1, -0.05) is 176 Å². The first-order chi connectivity index (χ1) is 27.8. The minimum Gasteiger partial charge on any atom is -0.264 e. The lowest BCUT2D eigenvalue weighted by molar-refractivity contribution is 1.18. The van der Waals surface area contributed by atoms with E-state index in [1.54, 1.807) is 6.20 Å². The standard InChI is InChI=1S/C53H33N3/c1-4-14-35(15-5-1)46-32-47(56-53(55-46)38-27-25-34(26-28-38)39-20-13-31-54-33-39)40-29-30-45-50-41(40)23-12-24-44(50)51-48(36-16-6-2-7-17-36)42-21-10-11-22-43(42)49(52(45)51)37-18-8-3-9-19-37/h1-33H. The van der Waals surface area contributed by atoms with Crippen molar-refractivity contribution in [2.75, 3.05) is 0 Å². The van der Waals surface area contributed by atoms with Crippen molar-refractivity contribution in [1.29, 1.82) is 0 Å². The van der Waals surface area contributed by atoms with Gasteiger partial charge < -0.3 is 0 Å². The molecule has 0 N–H and O–H groups in total. The summed E-state index contributed by atoms with van der Waals surface area (Å²) in [6.07, 6.45) is 3.69. The summed E-state index contributed by atoms with van der Waals surface area (Å²) in [6.45, 7) is 0. The molecule has 0 radical (unpaired) electrons. The van der Waals surface area contributed by atoms with Gasteiger partial charge in [-0.05, 0) is 89.3 Å². The van der Waals surface area contributed by atoms with E-state index in [-0.39, 0.29) is 0 Å². The Labute approximate surface area is 325 Å². The quantitative estimate of drug-likeness (QED) is 0.172. The van der Waals surface area contributed by atoms with Crippen LogP contribution in [0.4, 0.5) is 0 Å². The van der Waals surface area contributed by atoms with Gasteiger partial charge in [0.2, 0.25) is 0 Å². The summed E-state index contributed by atoms with van der Waals surface area (Å²) in [5.41, 5.74) is 17.1. The van der Waals surface area contributed by atoms with Gasteiger partial charge in [0.1, 0.15) is 0 Å². The fourth-order valence-corrected chi connectivity index (χ4v) is 8.65. The monoisotopic (exact) mass is 711 g/mol. The highest BCUT2D eigenvalue weighted by atomic mass is 14.9.